The average molecular weight is 384 g/mol. The van der Waals surface area contributed by atoms with Crippen molar-refractivity contribution in [1.29, 1.82) is 0 Å². The number of hydrogen-bond donors (Lipinski definition) is 2. The number of ether oxygens (including phenoxy) is 1. The van der Waals surface area contributed by atoms with Crippen molar-refractivity contribution in [2.24, 2.45) is 0 Å². The van der Waals surface area contributed by atoms with Crippen LogP contribution >= 0.6 is 0 Å². The Morgan fingerprint density at radius 2 is 1.73 bits per heavy atom. The van der Waals surface area contributed by atoms with E-state index < -0.39 is 34.5 Å². The second-order valence-corrected chi connectivity index (χ2v) is 8.32. The van der Waals surface area contributed by atoms with Crippen molar-refractivity contribution in [3.05, 3.63) is 29.8 Å². The predicted octanol–water partition coefficient (Wildman–Crippen LogP) is 2.40. The van der Waals surface area contributed by atoms with Gasteiger partial charge in [0.15, 0.2) is 6.61 Å². The summed E-state index contributed by atoms with van der Waals surface area (Å²) in [5.41, 5.74) is 1.75. The SMILES string of the molecule is CCCCS(=O)(=O)N[C@@H](C)C(=O)OCC(=O)Nc1ccc(C(C)C)cc1. The van der Waals surface area contributed by atoms with E-state index in [1.165, 1.54) is 6.92 Å². The van der Waals surface area contributed by atoms with Gasteiger partial charge < -0.3 is 10.1 Å². The minimum Gasteiger partial charge on any atom is -0.454 e. The summed E-state index contributed by atoms with van der Waals surface area (Å²) in [6.07, 6.45) is 1.24. The maximum absolute atomic E-state index is 11.9. The largest absolute Gasteiger partial charge is 0.454 e. The fraction of sp³-hybridized carbons (Fsp3) is 0.556. The first-order valence-corrected chi connectivity index (χ1v) is 10.4. The molecule has 0 aliphatic rings. The Morgan fingerprint density at radius 3 is 2.27 bits per heavy atom. The maximum atomic E-state index is 11.9. The molecular weight excluding hydrogens is 356 g/mol. The molecule has 0 saturated heterocycles. The monoisotopic (exact) mass is 384 g/mol. The van der Waals surface area contributed by atoms with E-state index in [2.05, 4.69) is 23.9 Å². The molecule has 0 saturated carbocycles. The van der Waals surface area contributed by atoms with Crippen LogP contribution < -0.4 is 10.0 Å². The number of nitrogens with one attached hydrogen (secondary N) is 2. The third-order valence-corrected chi connectivity index (χ3v) is 5.22. The third kappa shape index (κ3) is 7.97. The highest BCUT2D eigenvalue weighted by Gasteiger charge is 2.21. The molecule has 8 heteroatoms. The molecule has 1 aromatic carbocycles. The summed E-state index contributed by atoms with van der Waals surface area (Å²) >= 11 is 0. The molecule has 0 aliphatic carbocycles. The first-order chi connectivity index (χ1) is 12.1. The molecule has 1 atom stereocenters. The van der Waals surface area contributed by atoms with E-state index in [4.69, 9.17) is 4.74 Å². The van der Waals surface area contributed by atoms with Crippen molar-refractivity contribution in [2.75, 3.05) is 17.7 Å². The maximum Gasteiger partial charge on any atom is 0.324 e. The van der Waals surface area contributed by atoms with Gasteiger partial charge in [0.05, 0.1) is 5.75 Å². The lowest BCUT2D eigenvalue weighted by atomic mass is 10.0. The molecule has 0 unspecified atom stereocenters. The summed E-state index contributed by atoms with van der Waals surface area (Å²) in [5.74, 6) is -0.941. The van der Waals surface area contributed by atoms with Crippen molar-refractivity contribution in [3.63, 3.8) is 0 Å². The number of anilines is 1. The lowest BCUT2D eigenvalue weighted by Gasteiger charge is -2.13. The summed E-state index contributed by atoms with van der Waals surface area (Å²) in [5, 5.41) is 2.62. The molecule has 146 valence electrons. The highest BCUT2D eigenvalue weighted by Crippen LogP contribution is 2.17. The molecule has 26 heavy (non-hydrogen) atoms. The Balaban J connectivity index is 2.44. The fourth-order valence-electron chi connectivity index (χ4n) is 2.12. The van der Waals surface area contributed by atoms with Crippen molar-refractivity contribution in [1.82, 2.24) is 4.72 Å². The molecule has 1 amide bonds. The number of hydrogen-bond acceptors (Lipinski definition) is 5. The first kappa shape index (κ1) is 22.1. The van der Waals surface area contributed by atoms with Crippen LogP contribution in [-0.4, -0.2) is 38.7 Å². The molecule has 0 aromatic heterocycles. The standard InChI is InChI=1S/C18H28N2O5S/c1-5-6-11-26(23,24)20-14(4)18(22)25-12-17(21)19-16-9-7-15(8-10-16)13(2)3/h7-10,13-14,20H,5-6,11-12H2,1-4H3,(H,19,21)/t14-/m0/s1. The molecule has 0 radical (unpaired) electrons. The van der Waals surface area contributed by atoms with Gasteiger partial charge in [-0.3, -0.25) is 9.59 Å². The van der Waals surface area contributed by atoms with E-state index in [0.29, 0.717) is 18.0 Å². The van der Waals surface area contributed by atoms with Gasteiger partial charge in [-0.2, -0.15) is 0 Å². The van der Waals surface area contributed by atoms with E-state index in [1.807, 2.05) is 19.1 Å². The molecule has 0 heterocycles. The predicted molar refractivity (Wildman–Crippen MR) is 101 cm³/mol. The number of amides is 1. The number of carbonyl (C=O) groups excluding carboxylic acids is 2. The van der Waals surface area contributed by atoms with Crippen LogP contribution in [0, 0.1) is 0 Å². The zero-order chi connectivity index (χ0) is 19.7. The molecule has 7 nitrogen and oxygen atoms in total. The second-order valence-electron chi connectivity index (χ2n) is 6.44. The van der Waals surface area contributed by atoms with E-state index in [9.17, 15) is 18.0 Å². The van der Waals surface area contributed by atoms with Crippen LogP contribution in [-0.2, 0) is 24.3 Å². The van der Waals surface area contributed by atoms with Gasteiger partial charge in [-0.1, -0.05) is 39.3 Å². The smallest absolute Gasteiger partial charge is 0.324 e. The number of benzene rings is 1. The highest BCUT2D eigenvalue weighted by molar-refractivity contribution is 7.89. The third-order valence-electron chi connectivity index (χ3n) is 3.68. The normalized spacial score (nSPS) is 12.7. The van der Waals surface area contributed by atoms with Gasteiger partial charge in [-0.05, 0) is 37.0 Å². The van der Waals surface area contributed by atoms with Crippen LogP contribution in [0.4, 0.5) is 5.69 Å². The van der Waals surface area contributed by atoms with Gasteiger partial charge in [-0.25, -0.2) is 13.1 Å². The first-order valence-electron chi connectivity index (χ1n) is 8.71. The summed E-state index contributed by atoms with van der Waals surface area (Å²) in [6.45, 7) is 6.93. The molecule has 0 aliphatic heterocycles. The zero-order valence-corrected chi connectivity index (χ0v) is 16.6. The summed E-state index contributed by atoms with van der Waals surface area (Å²) in [4.78, 5) is 23.7. The van der Waals surface area contributed by atoms with Crippen molar-refractivity contribution < 1.29 is 22.7 Å². The topological polar surface area (TPSA) is 102 Å². The van der Waals surface area contributed by atoms with Gasteiger partial charge in [0.25, 0.3) is 5.91 Å². The van der Waals surface area contributed by atoms with Gasteiger partial charge in [-0.15, -0.1) is 0 Å². The lowest BCUT2D eigenvalue weighted by molar-refractivity contribution is -0.148. The molecular formula is C18H28N2O5S. The van der Waals surface area contributed by atoms with Crippen LogP contribution in [0.2, 0.25) is 0 Å². The Labute approximate surface area is 155 Å². The molecule has 0 fully saturated rings. The number of esters is 1. The van der Waals surface area contributed by atoms with E-state index in [1.54, 1.807) is 12.1 Å². The second kappa shape index (κ2) is 10.3. The molecule has 0 spiro atoms. The van der Waals surface area contributed by atoms with Crippen LogP contribution in [0.3, 0.4) is 0 Å². The van der Waals surface area contributed by atoms with Gasteiger partial charge in [0, 0.05) is 5.69 Å². The minimum absolute atomic E-state index is 0.0476. The van der Waals surface area contributed by atoms with Gasteiger partial charge >= 0.3 is 5.97 Å². The Morgan fingerprint density at radius 1 is 1.12 bits per heavy atom. The van der Waals surface area contributed by atoms with Crippen LogP contribution in [0.15, 0.2) is 24.3 Å². The van der Waals surface area contributed by atoms with Gasteiger partial charge in [0.1, 0.15) is 6.04 Å². The number of unbranched alkanes of at least 4 members (excludes halogenated alkanes) is 1. The minimum atomic E-state index is -3.54. The fourth-order valence-corrected chi connectivity index (χ4v) is 3.54. The lowest BCUT2D eigenvalue weighted by Crippen LogP contribution is -2.41. The molecule has 0 bridgehead atoms. The molecule has 2 N–H and O–H groups in total. The number of carbonyl (C=O) groups is 2. The Hall–Kier alpha value is -1.93. The summed E-state index contributed by atoms with van der Waals surface area (Å²) in [6, 6.07) is 6.34. The highest BCUT2D eigenvalue weighted by atomic mass is 32.2. The number of sulfonamides is 1. The number of rotatable bonds is 10. The molecule has 1 aromatic rings. The van der Waals surface area contributed by atoms with Crippen LogP contribution in [0.5, 0.6) is 0 Å². The quantitative estimate of drug-likeness (QED) is 0.603. The van der Waals surface area contributed by atoms with Gasteiger partial charge in [0.2, 0.25) is 10.0 Å². The van der Waals surface area contributed by atoms with E-state index >= 15 is 0 Å². The summed E-state index contributed by atoms with van der Waals surface area (Å²) < 4.78 is 30.6. The van der Waals surface area contributed by atoms with Crippen molar-refractivity contribution in [2.45, 2.75) is 52.5 Å². The Kier molecular flexibility index (Phi) is 8.74. The average Bonchev–Trinajstić information content (AvgIpc) is 2.58. The summed E-state index contributed by atoms with van der Waals surface area (Å²) in [7, 11) is -3.54. The van der Waals surface area contributed by atoms with E-state index in [-0.39, 0.29) is 5.75 Å². The van der Waals surface area contributed by atoms with Crippen molar-refractivity contribution >= 4 is 27.6 Å². The zero-order valence-electron chi connectivity index (χ0n) is 15.7. The molecule has 1 rings (SSSR count). The van der Waals surface area contributed by atoms with Crippen LogP contribution in [0.25, 0.3) is 0 Å². The van der Waals surface area contributed by atoms with E-state index in [0.717, 1.165) is 12.0 Å². The Bertz CT molecular complexity index is 699. The van der Waals surface area contributed by atoms with Crippen molar-refractivity contribution in [3.8, 4) is 0 Å². The van der Waals surface area contributed by atoms with Crippen LogP contribution in [0.1, 0.15) is 52.0 Å².